The van der Waals surface area contributed by atoms with Crippen LogP contribution < -0.4 is 4.90 Å². The molecule has 0 saturated heterocycles. The van der Waals surface area contributed by atoms with Gasteiger partial charge in [0.2, 0.25) is 5.71 Å². The molecular weight excluding hydrogens is 284 g/mol. The van der Waals surface area contributed by atoms with Gasteiger partial charge in [-0.3, -0.25) is 0 Å². The van der Waals surface area contributed by atoms with Gasteiger partial charge in [-0.2, -0.15) is 0 Å². The predicted octanol–water partition coefficient (Wildman–Crippen LogP) is 3.92. The van der Waals surface area contributed by atoms with Gasteiger partial charge in [0.05, 0.1) is 12.0 Å². The minimum Gasteiger partial charge on any atom is -0.623 e. The zero-order valence-electron chi connectivity index (χ0n) is 14.1. The highest BCUT2D eigenvalue weighted by molar-refractivity contribution is 6.01. The Hall–Kier alpha value is -2.29. The Morgan fingerprint density at radius 2 is 1.61 bits per heavy atom. The van der Waals surface area contributed by atoms with Crippen LogP contribution in [0.4, 0.5) is 5.69 Å². The Bertz CT molecular complexity index is 692. The van der Waals surface area contributed by atoms with Crippen molar-refractivity contribution in [2.24, 2.45) is 5.41 Å². The lowest BCUT2D eigenvalue weighted by Crippen LogP contribution is -2.33. The number of rotatable bonds is 4. The molecule has 120 valence electrons. The highest BCUT2D eigenvalue weighted by Crippen LogP contribution is 2.35. The highest BCUT2D eigenvalue weighted by atomic mass is 16.5. The van der Waals surface area contributed by atoms with E-state index in [-0.39, 0.29) is 11.5 Å². The van der Waals surface area contributed by atoms with Gasteiger partial charge in [-0.15, -0.1) is 0 Å². The van der Waals surface area contributed by atoms with Crippen molar-refractivity contribution in [1.82, 2.24) is 0 Å². The second-order valence-electron chi connectivity index (χ2n) is 7.00. The molecule has 1 aliphatic rings. The Morgan fingerprint density at radius 1 is 1.04 bits per heavy atom. The maximum Gasteiger partial charge on any atom is 0.200 e. The molecule has 1 unspecified atom stereocenters. The van der Waals surface area contributed by atoms with Crippen LogP contribution >= 0.6 is 0 Å². The van der Waals surface area contributed by atoms with Crippen LogP contribution in [0.1, 0.15) is 25.8 Å². The summed E-state index contributed by atoms with van der Waals surface area (Å²) in [6, 6.07) is 20.3. The molecular formula is C20H24N2O. The monoisotopic (exact) mass is 308 g/mol. The molecule has 3 nitrogen and oxygen atoms in total. The molecule has 0 fully saturated rings. The van der Waals surface area contributed by atoms with Gasteiger partial charge < -0.3 is 10.1 Å². The second kappa shape index (κ2) is 6.07. The van der Waals surface area contributed by atoms with Crippen LogP contribution in [0.3, 0.4) is 0 Å². The molecule has 2 aromatic rings. The average molecular weight is 308 g/mol. The van der Waals surface area contributed by atoms with Crippen LogP contribution in [-0.4, -0.2) is 30.1 Å². The van der Waals surface area contributed by atoms with Gasteiger partial charge in [0.15, 0.2) is 6.04 Å². The lowest BCUT2D eigenvalue weighted by atomic mass is 9.81. The van der Waals surface area contributed by atoms with E-state index in [1.807, 2.05) is 48.5 Å². The summed E-state index contributed by atoms with van der Waals surface area (Å²) in [4.78, 5) is 2.17. The van der Waals surface area contributed by atoms with Crippen LogP contribution in [0.5, 0.6) is 0 Å². The van der Waals surface area contributed by atoms with E-state index in [9.17, 15) is 5.21 Å². The third-order valence-electron chi connectivity index (χ3n) is 4.67. The molecule has 0 spiro atoms. The van der Waals surface area contributed by atoms with Gasteiger partial charge >= 0.3 is 0 Å². The summed E-state index contributed by atoms with van der Waals surface area (Å²) in [6.45, 7) is 5.07. The van der Waals surface area contributed by atoms with E-state index in [4.69, 9.17) is 0 Å². The van der Waals surface area contributed by atoms with Crippen LogP contribution in [-0.2, 0) is 0 Å². The van der Waals surface area contributed by atoms with Crippen molar-refractivity contribution >= 4 is 11.4 Å². The van der Waals surface area contributed by atoms with E-state index in [1.54, 1.807) is 0 Å². The molecule has 0 amide bonds. The summed E-state index contributed by atoms with van der Waals surface area (Å²) in [6.07, 6.45) is 0.873. The van der Waals surface area contributed by atoms with Gasteiger partial charge in [-0.1, -0.05) is 36.4 Å². The van der Waals surface area contributed by atoms with Crippen molar-refractivity contribution in [2.45, 2.75) is 26.3 Å². The third-order valence-corrected chi connectivity index (χ3v) is 4.67. The van der Waals surface area contributed by atoms with Crippen molar-refractivity contribution in [2.75, 3.05) is 18.5 Å². The van der Waals surface area contributed by atoms with Gasteiger partial charge in [0.1, 0.15) is 0 Å². The average Bonchev–Trinajstić information content (AvgIpc) is 2.77. The maximum atomic E-state index is 12.9. The molecule has 3 heteroatoms. The highest BCUT2D eigenvalue weighted by Gasteiger charge is 2.45. The summed E-state index contributed by atoms with van der Waals surface area (Å²) in [7, 11) is 2.05. The lowest BCUT2D eigenvalue weighted by molar-refractivity contribution is -0.488. The minimum absolute atomic E-state index is 0.0228. The first-order valence-electron chi connectivity index (χ1n) is 8.14. The minimum atomic E-state index is -0.106. The molecule has 2 aromatic carbocycles. The van der Waals surface area contributed by atoms with Crippen molar-refractivity contribution in [3.8, 4) is 0 Å². The number of anilines is 1. The van der Waals surface area contributed by atoms with Crippen LogP contribution in [0.2, 0.25) is 0 Å². The molecule has 1 atom stereocenters. The SMILES string of the molecule is CN(CC1CC(C)(C)C(c2ccccc2)=[N+]1[O-])c1ccccc1. The Kier molecular flexibility index (Phi) is 4.12. The first-order chi connectivity index (χ1) is 11.0. The molecule has 0 radical (unpaired) electrons. The number of hydrogen-bond acceptors (Lipinski definition) is 2. The van der Waals surface area contributed by atoms with Crippen molar-refractivity contribution in [1.29, 1.82) is 0 Å². The normalized spacial score (nSPS) is 19.9. The summed E-state index contributed by atoms with van der Waals surface area (Å²) >= 11 is 0. The lowest BCUT2D eigenvalue weighted by Gasteiger charge is -2.23. The number of benzene rings is 2. The first kappa shape index (κ1) is 15.6. The number of hydroxylamine groups is 1. The molecule has 1 aliphatic heterocycles. The summed E-state index contributed by atoms with van der Waals surface area (Å²) < 4.78 is 1.24. The molecule has 1 heterocycles. The van der Waals surface area contributed by atoms with Crippen molar-refractivity contribution in [3.63, 3.8) is 0 Å². The predicted molar refractivity (Wildman–Crippen MR) is 96.1 cm³/mol. The largest absolute Gasteiger partial charge is 0.623 e. The van der Waals surface area contributed by atoms with Crippen LogP contribution in [0, 0.1) is 10.6 Å². The molecule has 0 bridgehead atoms. The van der Waals surface area contributed by atoms with Gasteiger partial charge in [0.25, 0.3) is 0 Å². The smallest absolute Gasteiger partial charge is 0.200 e. The van der Waals surface area contributed by atoms with E-state index in [2.05, 4.69) is 37.9 Å². The summed E-state index contributed by atoms with van der Waals surface area (Å²) in [5.41, 5.74) is 2.99. The van der Waals surface area contributed by atoms with E-state index in [0.717, 1.165) is 29.9 Å². The maximum absolute atomic E-state index is 12.9. The quantitative estimate of drug-likeness (QED) is 0.633. The molecule has 23 heavy (non-hydrogen) atoms. The van der Waals surface area contributed by atoms with E-state index >= 15 is 0 Å². The third kappa shape index (κ3) is 3.09. The second-order valence-corrected chi connectivity index (χ2v) is 7.00. The topological polar surface area (TPSA) is 29.3 Å². The van der Waals surface area contributed by atoms with E-state index in [1.165, 1.54) is 4.74 Å². The van der Waals surface area contributed by atoms with Crippen molar-refractivity contribution < 1.29 is 4.74 Å². The van der Waals surface area contributed by atoms with Crippen LogP contribution in [0.25, 0.3) is 0 Å². The number of hydrogen-bond donors (Lipinski definition) is 0. The number of likely N-dealkylation sites (N-methyl/N-ethyl adjacent to an activating group) is 1. The zero-order chi connectivity index (χ0) is 16.4. The molecule has 0 aliphatic carbocycles. The first-order valence-corrected chi connectivity index (χ1v) is 8.14. The summed E-state index contributed by atoms with van der Waals surface area (Å²) in [5, 5.41) is 12.9. The molecule has 3 rings (SSSR count). The zero-order valence-corrected chi connectivity index (χ0v) is 14.1. The van der Waals surface area contributed by atoms with E-state index < -0.39 is 0 Å². The number of para-hydroxylation sites is 1. The van der Waals surface area contributed by atoms with Crippen molar-refractivity contribution in [3.05, 3.63) is 71.4 Å². The molecule has 0 aromatic heterocycles. The Balaban J connectivity index is 1.86. The fourth-order valence-corrected chi connectivity index (χ4v) is 3.61. The standard InChI is InChI=1S/C20H24N2O/c1-20(2)14-18(15-21(3)17-12-8-5-9-13-17)22(23)19(20)16-10-6-4-7-11-16/h4-13,18H,14-15H2,1-3H3. The fourth-order valence-electron chi connectivity index (χ4n) is 3.61. The fraction of sp³-hybridized carbons (Fsp3) is 0.350. The molecule has 0 N–H and O–H groups in total. The van der Waals surface area contributed by atoms with Gasteiger partial charge in [-0.25, -0.2) is 4.74 Å². The van der Waals surface area contributed by atoms with E-state index in [0.29, 0.717) is 0 Å². The Morgan fingerprint density at radius 3 is 2.22 bits per heavy atom. The van der Waals surface area contributed by atoms with Gasteiger partial charge in [0, 0.05) is 24.7 Å². The van der Waals surface area contributed by atoms with Gasteiger partial charge in [-0.05, 0) is 38.1 Å². The Labute approximate surface area is 138 Å². The summed E-state index contributed by atoms with van der Waals surface area (Å²) in [5.74, 6) is 0. The molecule has 0 saturated carbocycles. The van der Waals surface area contributed by atoms with Crippen LogP contribution in [0.15, 0.2) is 60.7 Å². The number of nitrogens with zero attached hydrogens (tertiary/aromatic N) is 2.